The van der Waals surface area contributed by atoms with Crippen molar-refractivity contribution in [1.82, 2.24) is 5.32 Å². The van der Waals surface area contributed by atoms with Gasteiger partial charge in [0.1, 0.15) is 12.6 Å². The van der Waals surface area contributed by atoms with Gasteiger partial charge in [0.25, 0.3) is 0 Å². The molecule has 6 nitrogen and oxygen atoms in total. The van der Waals surface area contributed by atoms with Crippen molar-refractivity contribution in [1.29, 1.82) is 0 Å². The summed E-state index contributed by atoms with van der Waals surface area (Å²) in [7, 11) is 0. The molecule has 5 atom stereocenters. The molecule has 1 aliphatic heterocycles. The number of carbonyl (C=O) groups excluding carboxylic acids is 2. The van der Waals surface area contributed by atoms with E-state index in [9.17, 15) is 19.8 Å². The molecule has 3 aliphatic rings. The molecule has 0 aromatic rings. The molecule has 0 spiro atoms. The van der Waals surface area contributed by atoms with Crippen LogP contribution in [0.4, 0.5) is 0 Å². The topological polar surface area (TPSA) is 95.9 Å². The van der Waals surface area contributed by atoms with Crippen molar-refractivity contribution in [3.8, 4) is 0 Å². The summed E-state index contributed by atoms with van der Waals surface area (Å²) in [5.41, 5.74) is 2.37. The van der Waals surface area contributed by atoms with Crippen LogP contribution in [0.5, 0.6) is 0 Å². The molecular weight excluding hydrogens is 334 g/mol. The normalized spacial score (nSPS) is 36.5. The number of aliphatic hydroxyl groups is 2. The van der Waals surface area contributed by atoms with Crippen molar-refractivity contribution < 1.29 is 24.5 Å². The van der Waals surface area contributed by atoms with E-state index in [2.05, 4.69) is 26.1 Å². The van der Waals surface area contributed by atoms with Gasteiger partial charge in [-0.3, -0.25) is 4.79 Å². The molecule has 1 amide bonds. The predicted molar refractivity (Wildman–Crippen MR) is 96.0 cm³/mol. The third kappa shape index (κ3) is 3.81. The lowest BCUT2D eigenvalue weighted by Crippen LogP contribution is -2.35. The molecule has 0 radical (unpaired) electrons. The average Bonchev–Trinajstić information content (AvgIpc) is 3.13. The van der Waals surface area contributed by atoms with E-state index in [1.807, 2.05) is 0 Å². The zero-order chi connectivity index (χ0) is 19.1. The highest BCUT2D eigenvalue weighted by Crippen LogP contribution is 2.52. The number of esters is 1. The standard InChI is InChI=1S/C20H31NO5/c1-11-13-7-20(2,3)8-14(13)15(12(9-22)6-17(11)23)10-26-19(25)16-4-5-18(24)21-16/h11-13,16-17,22-23H,4-10H2,1-3H3,(H,21,24)/t11-,12-,13+,16+,17+/m0/s1. The summed E-state index contributed by atoms with van der Waals surface area (Å²) in [6.45, 7) is 6.60. The van der Waals surface area contributed by atoms with Crippen LogP contribution in [0.15, 0.2) is 11.1 Å². The number of ether oxygens (including phenoxy) is 1. The number of aliphatic hydroxyl groups excluding tert-OH is 2. The summed E-state index contributed by atoms with van der Waals surface area (Å²) in [5.74, 6) is -0.328. The number of allylic oxidation sites excluding steroid dienone is 1. The molecule has 1 heterocycles. The van der Waals surface area contributed by atoms with Gasteiger partial charge in [-0.2, -0.15) is 0 Å². The third-order valence-electron chi connectivity index (χ3n) is 6.43. The first-order chi connectivity index (χ1) is 12.2. The van der Waals surface area contributed by atoms with E-state index in [0.29, 0.717) is 19.3 Å². The Labute approximate surface area is 155 Å². The van der Waals surface area contributed by atoms with Gasteiger partial charge in [0.15, 0.2) is 0 Å². The highest BCUT2D eigenvalue weighted by atomic mass is 16.5. The van der Waals surface area contributed by atoms with Gasteiger partial charge in [-0.05, 0) is 48.5 Å². The van der Waals surface area contributed by atoms with Gasteiger partial charge in [-0.25, -0.2) is 4.79 Å². The summed E-state index contributed by atoms with van der Waals surface area (Å²) in [6.07, 6.45) is 2.74. The van der Waals surface area contributed by atoms with Gasteiger partial charge in [0, 0.05) is 18.9 Å². The third-order valence-corrected chi connectivity index (χ3v) is 6.43. The average molecular weight is 365 g/mol. The van der Waals surface area contributed by atoms with Crippen LogP contribution in [0, 0.1) is 23.2 Å². The minimum Gasteiger partial charge on any atom is -0.460 e. The Morgan fingerprint density at radius 2 is 2.12 bits per heavy atom. The van der Waals surface area contributed by atoms with E-state index in [-0.39, 0.29) is 42.3 Å². The minimum absolute atomic E-state index is 0.0620. The molecule has 3 N–H and O–H groups in total. The zero-order valence-electron chi connectivity index (χ0n) is 16.0. The number of hydrogen-bond donors (Lipinski definition) is 3. The van der Waals surface area contributed by atoms with Crippen LogP contribution in [-0.4, -0.2) is 47.4 Å². The second-order valence-corrected chi connectivity index (χ2v) is 9.01. The highest BCUT2D eigenvalue weighted by Gasteiger charge is 2.44. The Balaban J connectivity index is 1.81. The van der Waals surface area contributed by atoms with E-state index < -0.39 is 18.1 Å². The van der Waals surface area contributed by atoms with Gasteiger partial charge in [0.05, 0.1) is 6.10 Å². The number of rotatable bonds is 4. The summed E-state index contributed by atoms with van der Waals surface area (Å²) < 4.78 is 5.54. The van der Waals surface area contributed by atoms with Gasteiger partial charge in [-0.15, -0.1) is 0 Å². The Kier molecular flexibility index (Phi) is 5.45. The van der Waals surface area contributed by atoms with Gasteiger partial charge in [-0.1, -0.05) is 26.3 Å². The first kappa shape index (κ1) is 19.4. The Hall–Kier alpha value is -1.40. The molecule has 146 valence electrons. The van der Waals surface area contributed by atoms with Crippen LogP contribution < -0.4 is 5.32 Å². The Bertz CT molecular complexity index is 611. The summed E-state index contributed by atoms with van der Waals surface area (Å²) in [5, 5.41) is 23.1. The van der Waals surface area contributed by atoms with Crippen LogP contribution in [0.1, 0.15) is 52.9 Å². The molecule has 26 heavy (non-hydrogen) atoms. The molecule has 1 saturated carbocycles. The Morgan fingerprint density at radius 3 is 2.73 bits per heavy atom. The second-order valence-electron chi connectivity index (χ2n) is 9.01. The van der Waals surface area contributed by atoms with Crippen molar-refractivity contribution in [3.05, 3.63) is 11.1 Å². The van der Waals surface area contributed by atoms with Crippen LogP contribution >= 0.6 is 0 Å². The van der Waals surface area contributed by atoms with Crippen LogP contribution in [0.2, 0.25) is 0 Å². The van der Waals surface area contributed by atoms with Crippen molar-refractivity contribution in [2.24, 2.45) is 23.2 Å². The van der Waals surface area contributed by atoms with E-state index in [0.717, 1.165) is 18.4 Å². The lowest BCUT2D eigenvalue weighted by molar-refractivity contribution is -0.145. The fourth-order valence-electron chi connectivity index (χ4n) is 4.91. The Morgan fingerprint density at radius 1 is 1.38 bits per heavy atom. The molecule has 0 bridgehead atoms. The van der Waals surface area contributed by atoms with Crippen molar-refractivity contribution in [2.75, 3.05) is 13.2 Å². The number of hydrogen-bond acceptors (Lipinski definition) is 5. The van der Waals surface area contributed by atoms with Gasteiger partial charge in [0.2, 0.25) is 5.91 Å². The molecule has 3 rings (SSSR count). The molecule has 2 aliphatic carbocycles. The first-order valence-corrected chi connectivity index (χ1v) is 9.68. The lowest BCUT2D eigenvalue weighted by Gasteiger charge is -2.25. The van der Waals surface area contributed by atoms with E-state index >= 15 is 0 Å². The minimum atomic E-state index is -0.563. The fourth-order valence-corrected chi connectivity index (χ4v) is 4.91. The smallest absolute Gasteiger partial charge is 0.328 e. The molecule has 6 heteroatoms. The maximum Gasteiger partial charge on any atom is 0.328 e. The monoisotopic (exact) mass is 365 g/mol. The van der Waals surface area contributed by atoms with Crippen molar-refractivity contribution in [2.45, 2.75) is 65.0 Å². The molecule has 0 unspecified atom stereocenters. The van der Waals surface area contributed by atoms with E-state index in [4.69, 9.17) is 4.74 Å². The van der Waals surface area contributed by atoms with Crippen LogP contribution in [0.3, 0.4) is 0 Å². The van der Waals surface area contributed by atoms with Crippen molar-refractivity contribution in [3.63, 3.8) is 0 Å². The number of nitrogens with one attached hydrogen (secondary N) is 1. The first-order valence-electron chi connectivity index (χ1n) is 9.68. The fraction of sp³-hybridized carbons (Fsp3) is 0.800. The SMILES string of the molecule is C[C@@H]1[C@H](O)C[C@@H](CO)C(COC(=O)[C@H]2CCC(=O)N2)=C2CC(C)(C)C[C@@H]21. The lowest BCUT2D eigenvalue weighted by atomic mass is 9.83. The predicted octanol–water partition coefficient (Wildman–Crippen LogP) is 1.55. The largest absolute Gasteiger partial charge is 0.460 e. The van der Waals surface area contributed by atoms with Crippen LogP contribution in [-0.2, 0) is 14.3 Å². The van der Waals surface area contributed by atoms with E-state index in [1.165, 1.54) is 5.57 Å². The van der Waals surface area contributed by atoms with Crippen LogP contribution in [0.25, 0.3) is 0 Å². The number of fused-ring (bicyclic) bond motifs is 1. The van der Waals surface area contributed by atoms with Gasteiger partial charge < -0.3 is 20.3 Å². The highest BCUT2D eigenvalue weighted by molar-refractivity contribution is 5.88. The maximum absolute atomic E-state index is 12.3. The number of carbonyl (C=O) groups is 2. The molecule has 1 saturated heterocycles. The summed E-state index contributed by atoms with van der Waals surface area (Å²) in [6, 6.07) is -0.563. The van der Waals surface area contributed by atoms with Crippen molar-refractivity contribution >= 4 is 11.9 Å². The molecule has 2 fully saturated rings. The maximum atomic E-state index is 12.3. The molecule has 0 aromatic heterocycles. The molecular formula is C20H31NO5. The zero-order valence-corrected chi connectivity index (χ0v) is 16.0. The second kappa shape index (κ2) is 7.31. The summed E-state index contributed by atoms with van der Waals surface area (Å²) >= 11 is 0. The van der Waals surface area contributed by atoms with E-state index in [1.54, 1.807) is 0 Å². The molecule has 0 aromatic carbocycles. The summed E-state index contributed by atoms with van der Waals surface area (Å²) in [4.78, 5) is 23.6. The van der Waals surface area contributed by atoms with Gasteiger partial charge >= 0.3 is 5.97 Å². The quantitative estimate of drug-likeness (QED) is 0.519. The number of amides is 1.